The van der Waals surface area contributed by atoms with Gasteiger partial charge in [-0.1, -0.05) is 35.9 Å². The molecule has 0 amide bonds. The van der Waals surface area contributed by atoms with Gasteiger partial charge in [-0.2, -0.15) is 15.4 Å². The summed E-state index contributed by atoms with van der Waals surface area (Å²) in [6, 6.07) is 8.32. The maximum absolute atomic E-state index is 3.93. The molecule has 0 saturated heterocycles. The third-order valence-electron chi connectivity index (χ3n) is 1.96. The summed E-state index contributed by atoms with van der Waals surface area (Å²) in [5.74, 6) is 0. The number of aromatic amines is 1. The van der Waals surface area contributed by atoms with Gasteiger partial charge in [-0.15, -0.1) is 0 Å². The molecule has 14 heavy (non-hydrogen) atoms. The van der Waals surface area contributed by atoms with Crippen molar-refractivity contribution in [2.45, 2.75) is 6.92 Å². The quantitative estimate of drug-likeness (QED) is 0.779. The third kappa shape index (κ3) is 2.07. The van der Waals surface area contributed by atoms with E-state index in [4.69, 9.17) is 0 Å². The molecule has 1 heterocycles. The van der Waals surface area contributed by atoms with Crippen LogP contribution in [0.2, 0.25) is 0 Å². The van der Waals surface area contributed by atoms with Gasteiger partial charge in [0.2, 0.25) is 0 Å². The largest absolute Gasteiger partial charge is 0.197 e. The second kappa shape index (κ2) is 3.87. The first-order valence-corrected chi connectivity index (χ1v) is 4.45. The monoisotopic (exact) mass is 185 g/mol. The van der Waals surface area contributed by atoms with E-state index < -0.39 is 0 Å². The average molecular weight is 185 g/mol. The summed E-state index contributed by atoms with van der Waals surface area (Å²) < 4.78 is 0. The zero-order chi connectivity index (χ0) is 9.80. The number of nitrogens with one attached hydrogen (secondary N) is 1. The van der Waals surface area contributed by atoms with Crippen molar-refractivity contribution < 1.29 is 0 Å². The lowest BCUT2D eigenvalue weighted by molar-refractivity contribution is 0.937. The highest BCUT2D eigenvalue weighted by molar-refractivity contribution is 5.67. The van der Waals surface area contributed by atoms with Gasteiger partial charge in [-0.25, -0.2) is 0 Å². The number of H-pyrrole nitrogens is 1. The van der Waals surface area contributed by atoms with Crippen molar-refractivity contribution in [1.29, 1.82) is 0 Å². The first kappa shape index (κ1) is 8.69. The van der Waals surface area contributed by atoms with Crippen LogP contribution in [0.1, 0.15) is 16.8 Å². The first-order valence-electron chi connectivity index (χ1n) is 4.45. The summed E-state index contributed by atoms with van der Waals surface area (Å²) in [5, 5.41) is 10.2. The van der Waals surface area contributed by atoms with Crippen molar-refractivity contribution in [3.8, 4) is 0 Å². The molecule has 3 heteroatoms. The number of benzene rings is 1. The smallest absolute Gasteiger partial charge is 0.105 e. The van der Waals surface area contributed by atoms with E-state index in [0.717, 1.165) is 5.69 Å². The fourth-order valence-corrected chi connectivity index (χ4v) is 1.15. The average Bonchev–Trinajstić information content (AvgIpc) is 2.70. The fraction of sp³-hybridized carbons (Fsp3) is 0.0909. The Morgan fingerprint density at radius 1 is 1.14 bits per heavy atom. The van der Waals surface area contributed by atoms with Crippen LogP contribution in [-0.2, 0) is 0 Å². The van der Waals surface area contributed by atoms with Crippen LogP contribution in [0, 0.1) is 6.92 Å². The minimum Gasteiger partial charge on any atom is -0.197 e. The van der Waals surface area contributed by atoms with Crippen molar-refractivity contribution in [2.24, 2.45) is 0 Å². The number of hydrogen-bond acceptors (Lipinski definition) is 2. The first-order chi connectivity index (χ1) is 6.84. The van der Waals surface area contributed by atoms with E-state index in [-0.39, 0.29) is 0 Å². The summed E-state index contributed by atoms with van der Waals surface area (Å²) in [5.41, 5.74) is 3.27. The molecule has 0 unspecified atom stereocenters. The van der Waals surface area contributed by atoms with E-state index in [1.807, 2.05) is 12.2 Å². The SMILES string of the molecule is Cc1ccc(/C=C/c2cn[nH]n2)cc1. The number of nitrogens with zero attached hydrogens (tertiary/aromatic N) is 2. The van der Waals surface area contributed by atoms with Crippen molar-refractivity contribution in [3.63, 3.8) is 0 Å². The van der Waals surface area contributed by atoms with Gasteiger partial charge in [0, 0.05) is 0 Å². The van der Waals surface area contributed by atoms with Crippen LogP contribution in [0.15, 0.2) is 30.5 Å². The summed E-state index contributed by atoms with van der Waals surface area (Å²) in [6.45, 7) is 2.07. The Labute approximate surface area is 82.5 Å². The van der Waals surface area contributed by atoms with Gasteiger partial charge in [0.25, 0.3) is 0 Å². The highest BCUT2D eigenvalue weighted by Gasteiger charge is 1.89. The molecule has 0 spiro atoms. The number of aromatic nitrogens is 3. The van der Waals surface area contributed by atoms with Gasteiger partial charge in [-0.3, -0.25) is 0 Å². The molecule has 0 atom stereocenters. The molecule has 3 nitrogen and oxygen atoms in total. The molecule has 0 aliphatic heterocycles. The highest BCUT2D eigenvalue weighted by atomic mass is 15.3. The molecule has 0 bridgehead atoms. The van der Waals surface area contributed by atoms with Gasteiger partial charge in [-0.05, 0) is 18.6 Å². The van der Waals surface area contributed by atoms with E-state index in [2.05, 4.69) is 46.6 Å². The molecule has 1 aromatic heterocycles. The summed E-state index contributed by atoms with van der Waals surface area (Å²) in [6.07, 6.45) is 5.62. The van der Waals surface area contributed by atoms with E-state index in [9.17, 15) is 0 Å². The number of hydrogen-bond donors (Lipinski definition) is 1. The summed E-state index contributed by atoms with van der Waals surface area (Å²) >= 11 is 0. The lowest BCUT2D eigenvalue weighted by atomic mass is 10.1. The predicted molar refractivity (Wildman–Crippen MR) is 56.5 cm³/mol. The van der Waals surface area contributed by atoms with Crippen molar-refractivity contribution in [3.05, 3.63) is 47.3 Å². The lowest BCUT2D eigenvalue weighted by Gasteiger charge is -1.93. The van der Waals surface area contributed by atoms with Gasteiger partial charge in [0.15, 0.2) is 0 Å². The Balaban J connectivity index is 2.15. The van der Waals surface area contributed by atoms with E-state index >= 15 is 0 Å². The molecule has 1 N–H and O–H groups in total. The second-order valence-corrected chi connectivity index (χ2v) is 3.14. The Morgan fingerprint density at radius 2 is 1.93 bits per heavy atom. The van der Waals surface area contributed by atoms with Gasteiger partial charge >= 0.3 is 0 Å². The fourth-order valence-electron chi connectivity index (χ4n) is 1.15. The highest BCUT2D eigenvalue weighted by Crippen LogP contribution is 2.06. The summed E-state index contributed by atoms with van der Waals surface area (Å²) in [4.78, 5) is 0. The maximum atomic E-state index is 3.93. The Bertz CT molecular complexity index is 412. The van der Waals surface area contributed by atoms with Crippen LogP contribution in [0.25, 0.3) is 12.2 Å². The molecule has 2 aromatic rings. The van der Waals surface area contributed by atoms with Crippen LogP contribution in [0.4, 0.5) is 0 Å². The summed E-state index contributed by atoms with van der Waals surface area (Å²) in [7, 11) is 0. The third-order valence-corrected chi connectivity index (χ3v) is 1.96. The van der Waals surface area contributed by atoms with Crippen LogP contribution < -0.4 is 0 Å². The van der Waals surface area contributed by atoms with E-state index in [1.165, 1.54) is 11.1 Å². The maximum Gasteiger partial charge on any atom is 0.105 e. The second-order valence-electron chi connectivity index (χ2n) is 3.14. The van der Waals surface area contributed by atoms with Gasteiger partial charge < -0.3 is 0 Å². The molecule has 0 radical (unpaired) electrons. The van der Waals surface area contributed by atoms with Crippen molar-refractivity contribution in [1.82, 2.24) is 15.4 Å². The van der Waals surface area contributed by atoms with Crippen molar-refractivity contribution >= 4 is 12.2 Å². The topological polar surface area (TPSA) is 41.6 Å². The lowest BCUT2D eigenvalue weighted by Crippen LogP contribution is -1.74. The van der Waals surface area contributed by atoms with E-state index in [1.54, 1.807) is 6.20 Å². The molecule has 2 rings (SSSR count). The van der Waals surface area contributed by atoms with Gasteiger partial charge in [0.05, 0.1) is 6.20 Å². The van der Waals surface area contributed by atoms with Crippen LogP contribution in [0.5, 0.6) is 0 Å². The predicted octanol–water partition coefficient (Wildman–Crippen LogP) is 2.28. The molecule has 1 aromatic carbocycles. The van der Waals surface area contributed by atoms with Crippen LogP contribution >= 0.6 is 0 Å². The molecule has 70 valence electrons. The molecular weight excluding hydrogens is 174 g/mol. The Hall–Kier alpha value is -1.90. The minimum absolute atomic E-state index is 0.838. The number of aryl methyl sites for hydroxylation is 1. The minimum atomic E-state index is 0.838. The van der Waals surface area contributed by atoms with Crippen LogP contribution in [0.3, 0.4) is 0 Å². The molecule has 0 aliphatic carbocycles. The zero-order valence-electron chi connectivity index (χ0n) is 7.94. The van der Waals surface area contributed by atoms with E-state index in [0.29, 0.717) is 0 Å². The molecule has 0 fully saturated rings. The normalized spacial score (nSPS) is 10.9. The standard InChI is InChI=1S/C11H11N3/c1-9-2-4-10(5-3-9)6-7-11-8-12-14-13-11/h2-8H,1H3,(H,12,13,14)/b7-6+. The van der Waals surface area contributed by atoms with Gasteiger partial charge in [0.1, 0.15) is 5.69 Å². The number of rotatable bonds is 2. The molecular formula is C11H11N3. The zero-order valence-corrected chi connectivity index (χ0v) is 7.94. The molecule has 0 saturated carbocycles. The van der Waals surface area contributed by atoms with Crippen LogP contribution in [-0.4, -0.2) is 15.4 Å². The Kier molecular flexibility index (Phi) is 2.40. The van der Waals surface area contributed by atoms with Crippen molar-refractivity contribution in [2.75, 3.05) is 0 Å². The Morgan fingerprint density at radius 3 is 2.57 bits per heavy atom. The molecule has 0 aliphatic rings.